The van der Waals surface area contributed by atoms with E-state index in [1.807, 2.05) is 36.4 Å². The van der Waals surface area contributed by atoms with Gasteiger partial charge in [0.1, 0.15) is 16.8 Å². The van der Waals surface area contributed by atoms with Crippen LogP contribution in [0.5, 0.6) is 5.75 Å². The standard InChI is InChI=1S/C25H20ClN3O2S/c1-31-17-10-6-13(7-11-17)18-12-19(14-2-3-14)27-25-20(18)21-22(32-25)24(30)29-23(28-21)15-4-8-16(26)9-5-15/h4-12,14,23,28H,2-3H2,1H3,(H,29,30)/p+1. The number of fused-ring (bicyclic) bond motifs is 3. The first-order valence-electron chi connectivity index (χ1n) is 10.6. The van der Waals surface area contributed by atoms with E-state index in [4.69, 9.17) is 16.3 Å². The van der Waals surface area contributed by atoms with Gasteiger partial charge in [0.15, 0.2) is 5.69 Å². The summed E-state index contributed by atoms with van der Waals surface area (Å²) in [4.78, 5) is 18.4. The highest BCUT2D eigenvalue weighted by molar-refractivity contribution is 7.21. The fourth-order valence-corrected chi connectivity index (χ4v) is 5.51. The molecule has 0 spiro atoms. The summed E-state index contributed by atoms with van der Waals surface area (Å²) < 4.78 is 5.35. The van der Waals surface area contributed by atoms with E-state index in [2.05, 4.69) is 33.8 Å². The molecule has 0 bridgehead atoms. The van der Waals surface area contributed by atoms with E-state index in [1.54, 1.807) is 7.11 Å². The monoisotopic (exact) mass is 462 g/mol. The summed E-state index contributed by atoms with van der Waals surface area (Å²) in [5.41, 5.74) is 5.29. The molecule has 1 unspecified atom stereocenters. The Morgan fingerprint density at radius 2 is 1.81 bits per heavy atom. The third kappa shape index (κ3) is 3.31. The van der Waals surface area contributed by atoms with Gasteiger partial charge in [0.2, 0.25) is 0 Å². The molecule has 0 radical (unpaired) electrons. The minimum atomic E-state index is -0.322. The predicted molar refractivity (Wildman–Crippen MR) is 128 cm³/mol. The number of hydrogen-bond donors (Lipinski definition) is 2. The number of ether oxygens (including phenoxy) is 1. The lowest BCUT2D eigenvalue weighted by atomic mass is 9.99. The van der Waals surface area contributed by atoms with Crippen molar-refractivity contribution in [3.05, 3.63) is 75.8 Å². The van der Waals surface area contributed by atoms with Gasteiger partial charge < -0.3 is 15.4 Å². The lowest BCUT2D eigenvalue weighted by molar-refractivity contribution is -0.354. The van der Waals surface area contributed by atoms with Crippen molar-refractivity contribution in [1.82, 2.24) is 5.32 Å². The molecule has 7 heteroatoms. The van der Waals surface area contributed by atoms with Crippen LogP contribution in [0.15, 0.2) is 54.6 Å². The number of amides is 1. The summed E-state index contributed by atoms with van der Waals surface area (Å²) in [6.07, 6.45) is 2.08. The Balaban J connectivity index is 1.52. The van der Waals surface area contributed by atoms with E-state index in [9.17, 15) is 4.79 Å². The van der Waals surface area contributed by atoms with E-state index in [0.717, 1.165) is 38.3 Å². The van der Waals surface area contributed by atoms with E-state index >= 15 is 0 Å². The molecule has 1 atom stereocenters. The zero-order valence-corrected chi connectivity index (χ0v) is 18.9. The zero-order valence-electron chi connectivity index (χ0n) is 17.4. The average molecular weight is 463 g/mol. The summed E-state index contributed by atoms with van der Waals surface area (Å²) in [5, 5.41) is 8.37. The number of thiophene rings is 1. The van der Waals surface area contributed by atoms with Crippen LogP contribution in [-0.4, -0.2) is 13.0 Å². The van der Waals surface area contributed by atoms with Crippen molar-refractivity contribution in [1.29, 1.82) is 0 Å². The summed E-state index contributed by atoms with van der Waals surface area (Å²) in [7, 11) is 1.67. The lowest BCUT2D eigenvalue weighted by Gasteiger charge is -2.26. The van der Waals surface area contributed by atoms with Gasteiger partial charge in [-0.05, 0) is 48.2 Å². The van der Waals surface area contributed by atoms with Gasteiger partial charge in [-0.1, -0.05) is 47.2 Å². The maximum absolute atomic E-state index is 13.1. The largest absolute Gasteiger partial charge is 0.497 e. The van der Waals surface area contributed by atoms with E-state index in [1.165, 1.54) is 29.9 Å². The van der Waals surface area contributed by atoms with Crippen molar-refractivity contribution >= 4 is 44.7 Å². The highest BCUT2D eigenvalue weighted by atomic mass is 35.5. The van der Waals surface area contributed by atoms with E-state index in [-0.39, 0.29) is 12.1 Å². The molecular weight excluding hydrogens is 442 g/mol. The molecule has 6 rings (SSSR count). The zero-order chi connectivity index (χ0) is 21.8. The summed E-state index contributed by atoms with van der Waals surface area (Å²) in [6.45, 7) is 0. The van der Waals surface area contributed by atoms with Crippen LogP contribution < -0.4 is 20.4 Å². The Morgan fingerprint density at radius 3 is 2.50 bits per heavy atom. The maximum Gasteiger partial charge on any atom is 0.270 e. The second-order valence-electron chi connectivity index (χ2n) is 8.25. The number of aromatic nitrogens is 1. The molecule has 3 N–H and O–H groups in total. The van der Waals surface area contributed by atoms with Crippen molar-refractivity contribution in [2.24, 2.45) is 0 Å². The molecule has 160 valence electrons. The molecule has 5 nitrogen and oxygen atoms in total. The molecule has 1 fully saturated rings. The molecule has 3 heterocycles. The number of rotatable bonds is 4. The van der Waals surface area contributed by atoms with Gasteiger partial charge >= 0.3 is 0 Å². The van der Waals surface area contributed by atoms with Gasteiger partial charge in [0, 0.05) is 22.6 Å². The number of anilines is 1. The number of methoxy groups -OCH3 is 1. The second kappa shape index (κ2) is 7.50. The van der Waals surface area contributed by atoms with Gasteiger partial charge in [-0.25, -0.2) is 0 Å². The third-order valence-corrected chi connectivity index (χ3v) is 7.48. The van der Waals surface area contributed by atoms with Gasteiger partial charge in [0.25, 0.3) is 10.7 Å². The molecule has 4 aromatic rings. The van der Waals surface area contributed by atoms with Crippen molar-refractivity contribution in [3.8, 4) is 16.9 Å². The van der Waals surface area contributed by atoms with Gasteiger partial charge in [-0.2, -0.15) is 4.98 Å². The Morgan fingerprint density at radius 1 is 1.06 bits per heavy atom. The van der Waals surface area contributed by atoms with E-state index < -0.39 is 0 Å². The minimum absolute atomic E-state index is 0.0676. The number of carbonyl (C=O) groups excluding carboxylic acids is 1. The number of benzene rings is 2. The first-order chi connectivity index (χ1) is 15.6. The number of halogens is 1. The van der Waals surface area contributed by atoms with Gasteiger partial charge in [-0.15, -0.1) is 0 Å². The van der Waals surface area contributed by atoms with Crippen molar-refractivity contribution in [2.45, 2.75) is 24.9 Å². The summed E-state index contributed by atoms with van der Waals surface area (Å²) >= 11 is 7.56. The maximum atomic E-state index is 13.1. The fourth-order valence-electron chi connectivity index (χ4n) is 4.28. The van der Waals surface area contributed by atoms with Gasteiger partial charge in [0.05, 0.1) is 18.2 Å². The molecule has 32 heavy (non-hydrogen) atoms. The van der Waals surface area contributed by atoms with Crippen molar-refractivity contribution < 1.29 is 14.5 Å². The van der Waals surface area contributed by atoms with Crippen LogP contribution in [0.3, 0.4) is 0 Å². The van der Waals surface area contributed by atoms with Gasteiger partial charge in [-0.3, -0.25) is 4.79 Å². The highest BCUT2D eigenvalue weighted by Crippen LogP contribution is 2.46. The number of nitrogens with one attached hydrogen (secondary N) is 3. The third-order valence-electron chi connectivity index (χ3n) is 6.13. The lowest BCUT2D eigenvalue weighted by Crippen LogP contribution is -2.37. The number of aromatic amines is 1. The molecule has 1 aliphatic heterocycles. The van der Waals surface area contributed by atoms with Crippen LogP contribution >= 0.6 is 22.9 Å². The molecule has 1 saturated carbocycles. The highest BCUT2D eigenvalue weighted by Gasteiger charge is 2.35. The van der Waals surface area contributed by atoms with Crippen LogP contribution in [0.25, 0.3) is 21.3 Å². The topological polar surface area (TPSA) is 64.5 Å². The molecule has 2 aromatic carbocycles. The number of pyridine rings is 1. The molecule has 1 aliphatic carbocycles. The molecule has 2 aliphatic rings. The van der Waals surface area contributed by atoms with Crippen molar-refractivity contribution in [2.75, 3.05) is 12.4 Å². The average Bonchev–Trinajstić information content (AvgIpc) is 3.60. The Hall–Kier alpha value is -3.09. The Labute approximate surface area is 194 Å². The second-order valence-corrected chi connectivity index (χ2v) is 9.71. The van der Waals surface area contributed by atoms with Crippen LogP contribution in [0.4, 0.5) is 5.69 Å². The minimum Gasteiger partial charge on any atom is -0.497 e. The quantitative estimate of drug-likeness (QED) is 0.404. The number of hydrogen-bond acceptors (Lipinski definition) is 4. The first kappa shape index (κ1) is 19.6. The molecule has 1 amide bonds. The van der Waals surface area contributed by atoms with Crippen LogP contribution in [0.1, 0.15) is 45.9 Å². The Bertz CT molecular complexity index is 1340. The smallest absolute Gasteiger partial charge is 0.270 e. The summed E-state index contributed by atoms with van der Waals surface area (Å²) in [5.74, 6) is 1.32. The first-order valence-corrected chi connectivity index (χ1v) is 11.8. The Kier molecular flexibility index (Phi) is 4.59. The number of carbonyl (C=O) groups is 1. The number of H-pyrrole nitrogens is 1. The van der Waals surface area contributed by atoms with Crippen LogP contribution in [0.2, 0.25) is 5.02 Å². The van der Waals surface area contributed by atoms with Crippen molar-refractivity contribution in [3.63, 3.8) is 0 Å². The van der Waals surface area contributed by atoms with Crippen LogP contribution in [0, 0.1) is 0 Å². The molecule has 2 aromatic heterocycles. The van der Waals surface area contributed by atoms with E-state index in [0.29, 0.717) is 15.8 Å². The summed E-state index contributed by atoms with van der Waals surface area (Å²) in [6, 6.07) is 17.9. The molecule has 0 saturated heterocycles. The van der Waals surface area contributed by atoms with Crippen LogP contribution in [-0.2, 0) is 0 Å². The fraction of sp³-hybridized carbons (Fsp3) is 0.200. The normalized spacial score (nSPS) is 17.6. The SMILES string of the molecule is COc1ccc(-c2cc(C3CC3)[nH+]c3sc4c(c23)NC(c2ccc(Cl)cc2)NC4=O)cc1. The predicted octanol–water partition coefficient (Wildman–Crippen LogP) is 5.78. The molecular formula is C25H21ClN3O2S+.